The van der Waals surface area contributed by atoms with Gasteiger partial charge in [-0.15, -0.1) is 0 Å². The Balaban J connectivity index is 2.46. The van der Waals surface area contributed by atoms with E-state index in [4.69, 9.17) is 17.1 Å². The van der Waals surface area contributed by atoms with Gasteiger partial charge in [-0.1, -0.05) is 16.7 Å². The second-order valence-corrected chi connectivity index (χ2v) is 3.60. The first-order valence-corrected chi connectivity index (χ1v) is 5.27. The minimum atomic E-state index is -0.631. The largest absolute Gasteiger partial charge is 0.352 e. The van der Waals surface area contributed by atoms with E-state index in [-0.39, 0.29) is 16.5 Å². The summed E-state index contributed by atoms with van der Waals surface area (Å²) in [5.74, 6) is -1.02. The highest BCUT2D eigenvalue weighted by Crippen LogP contribution is 2.15. The molecule has 0 unspecified atom stereocenters. The second-order valence-electron chi connectivity index (χ2n) is 3.19. The molecule has 1 amide bonds. The monoisotopic (exact) mass is 256 g/mol. The van der Waals surface area contributed by atoms with Crippen LogP contribution >= 0.6 is 11.6 Å². The van der Waals surface area contributed by atoms with Gasteiger partial charge in [0, 0.05) is 23.6 Å². The van der Waals surface area contributed by atoms with Gasteiger partial charge in [0.15, 0.2) is 0 Å². The summed E-state index contributed by atoms with van der Waals surface area (Å²) in [5, 5.41) is 5.87. The van der Waals surface area contributed by atoms with Crippen LogP contribution in [0.4, 0.5) is 4.39 Å². The summed E-state index contributed by atoms with van der Waals surface area (Å²) in [6.45, 7) is 0.674. The molecule has 5 nitrogen and oxygen atoms in total. The molecule has 0 bridgehead atoms. The Morgan fingerprint density at radius 1 is 1.59 bits per heavy atom. The maximum absolute atomic E-state index is 13.1. The molecule has 0 heterocycles. The average molecular weight is 257 g/mol. The molecule has 0 spiro atoms. The summed E-state index contributed by atoms with van der Waals surface area (Å²) < 4.78 is 13.1. The van der Waals surface area contributed by atoms with Gasteiger partial charge in [-0.25, -0.2) is 4.39 Å². The maximum Gasteiger partial charge on any atom is 0.251 e. The molecule has 0 atom stereocenters. The number of benzene rings is 1. The van der Waals surface area contributed by atoms with E-state index in [9.17, 15) is 9.18 Å². The molecule has 0 radical (unpaired) electrons. The highest BCUT2D eigenvalue weighted by atomic mass is 35.5. The molecular weight excluding hydrogens is 247 g/mol. The first kappa shape index (κ1) is 13.3. The van der Waals surface area contributed by atoms with Crippen LogP contribution in [0.5, 0.6) is 0 Å². The molecule has 1 N–H and O–H groups in total. The van der Waals surface area contributed by atoms with Crippen molar-refractivity contribution in [2.24, 2.45) is 5.11 Å². The van der Waals surface area contributed by atoms with E-state index in [0.717, 1.165) is 6.07 Å². The van der Waals surface area contributed by atoms with Crippen LogP contribution in [-0.4, -0.2) is 19.0 Å². The molecular formula is C10H10ClFN4O. The molecule has 17 heavy (non-hydrogen) atoms. The van der Waals surface area contributed by atoms with Crippen molar-refractivity contribution in [3.05, 3.63) is 45.0 Å². The van der Waals surface area contributed by atoms with Gasteiger partial charge < -0.3 is 5.32 Å². The molecule has 90 valence electrons. The van der Waals surface area contributed by atoms with E-state index < -0.39 is 5.82 Å². The van der Waals surface area contributed by atoms with Crippen molar-refractivity contribution in [3.8, 4) is 0 Å². The van der Waals surface area contributed by atoms with Crippen molar-refractivity contribution in [3.63, 3.8) is 0 Å². The Morgan fingerprint density at radius 3 is 3.00 bits per heavy atom. The number of nitrogens with zero attached hydrogens (tertiary/aromatic N) is 3. The number of amides is 1. The Labute approximate surface area is 102 Å². The lowest BCUT2D eigenvalue weighted by atomic mass is 10.2. The molecule has 1 aromatic carbocycles. The van der Waals surface area contributed by atoms with Crippen LogP contribution < -0.4 is 5.32 Å². The highest BCUT2D eigenvalue weighted by Gasteiger charge is 2.07. The first-order valence-electron chi connectivity index (χ1n) is 4.89. The summed E-state index contributed by atoms with van der Waals surface area (Å²) in [5.41, 5.74) is 8.23. The van der Waals surface area contributed by atoms with Gasteiger partial charge in [-0.3, -0.25) is 4.79 Å². The van der Waals surface area contributed by atoms with Crippen molar-refractivity contribution >= 4 is 17.5 Å². The molecule has 1 rings (SSSR count). The number of nitrogens with one attached hydrogen (secondary N) is 1. The smallest absolute Gasteiger partial charge is 0.251 e. The normalized spacial score (nSPS) is 9.53. The second kappa shape index (κ2) is 6.73. The lowest BCUT2D eigenvalue weighted by Crippen LogP contribution is -2.24. The zero-order valence-electron chi connectivity index (χ0n) is 8.86. The molecule has 0 saturated heterocycles. The van der Waals surface area contributed by atoms with Gasteiger partial charge >= 0.3 is 0 Å². The van der Waals surface area contributed by atoms with Crippen LogP contribution in [0.3, 0.4) is 0 Å². The lowest BCUT2D eigenvalue weighted by Gasteiger charge is -2.04. The van der Waals surface area contributed by atoms with Gasteiger partial charge in [0.2, 0.25) is 0 Å². The molecule has 0 aliphatic rings. The van der Waals surface area contributed by atoms with Crippen LogP contribution in [0.15, 0.2) is 23.3 Å². The van der Waals surface area contributed by atoms with Gasteiger partial charge in [0.05, 0.1) is 5.02 Å². The predicted molar refractivity (Wildman–Crippen MR) is 62.4 cm³/mol. The third-order valence-electron chi connectivity index (χ3n) is 1.97. The van der Waals surface area contributed by atoms with Crippen molar-refractivity contribution in [1.82, 2.24) is 5.32 Å². The summed E-state index contributed by atoms with van der Waals surface area (Å²) in [6, 6.07) is 3.84. The minimum absolute atomic E-state index is 0.0232. The Bertz CT molecular complexity index is 460. The van der Waals surface area contributed by atoms with Gasteiger partial charge in [-0.2, -0.15) is 0 Å². The highest BCUT2D eigenvalue weighted by molar-refractivity contribution is 6.30. The molecule has 7 heteroatoms. The summed E-state index contributed by atoms with van der Waals surface area (Å²) >= 11 is 5.49. The molecule has 0 fully saturated rings. The quantitative estimate of drug-likeness (QED) is 0.374. The zero-order valence-corrected chi connectivity index (χ0v) is 9.62. The summed E-state index contributed by atoms with van der Waals surface area (Å²) in [7, 11) is 0. The van der Waals surface area contributed by atoms with E-state index in [1.54, 1.807) is 0 Å². The number of halogens is 2. The number of rotatable bonds is 5. The van der Waals surface area contributed by atoms with Crippen LogP contribution in [0, 0.1) is 5.82 Å². The number of carbonyl (C=O) groups excluding carboxylic acids is 1. The van der Waals surface area contributed by atoms with E-state index in [1.807, 2.05) is 0 Å². The molecule has 0 aliphatic heterocycles. The molecule has 0 saturated carbocycles. The third-order valence-corrected chi connectivity index (χ3v) is 2.27. The Kier molecular flexibility index (Phi) is 5.26. The van der Waals surface area contributed by atoms with E-state index in [2.05, 4.69) is 15.3 Å². The number of carbonyl (C=O) groups is 1. The minimum Gasteiger partial charge on any atom is -0.352 e. The topological polar surface area (TPSA) is 77.9 Å². The van der Waals surface area contributed by atoms with Gasteiger partial charge in [-0.05, 0) is 30.2 Å². The Hall–Kier alpha value is -1.78. The maximum atomic E-state index is 13.1. The van der Waals surface area contributed by atoms with Crippen LogP contribution in [0.1, 0.15) is 16.8 Å². The Morgan fingerprint density at radius 2 is 2.35 bits per heavy atom. The van der Waals surface area contributed by atoms with Crippen LogP contribution in [0.25, 0.3) is 10.4 Å². The van der Waals surface area contributed by atoms with Crippen molar-refractivity contribution in [1.29, 1.82) is 0 Å². The fraction of sp³-hybridized carbons (Fsp3) is 0.300. The standard InChI is InChI=1S/C10H10ClFN4O/c11-8-3-2-7(6-9(8)12)10(17)14-4-1-5-15-16-13/h2-3,6H,1,4-5H2,(H,14,17). The first-order chi connectivity index (χ1) is 8.15. The van der Waals surface area contributed by atoms with Gasteiger partial charge in [0.25, 0.3) is 5.91 Å². The number of azide groups is 1. The van der Waals surface area contributed by atoms with E-state index >= 15 is 0 Å². The van der Waals surface area contributed by atoms with Crippen molar-refractivity contribution in [2.75, 3.05) is 13.1 Å². The SMILES string of the molecule is [N-]=[N+]=NCCCNC(=O)c1ccc(Cl)c(F)c1. The molecule has 0 aliphatic carbocycles. The fourth-order valence-electron chi connectivity index (χ4n) is 1.14. The number of hydrogen-bond acceptors (Lipinski definition) is 2. The number of hydrogen-bond donors (Lipinski definition) is 1. The van der Waals surface area contributed by atoms with Crippen molar-refractivity contribution < 1.29 is 9.18 Å². The summed E-state index contributed by atoms with van der Waals surface area (Å²) in [4.78, 5) is 14.1. The summed E-state index contributed by atoms with van der Waals surface area (Å²) in [6.07, 6.45) is 0.534. The third kappa shape index (κ3) is 4.30. The van der Waals surface area contributed by atoms with Crippen LogP contribution in [-0.2, 0) is 0 Å². The predicted octanol–water partition coefficient (Wildman–Crippen LogP) is 2.91. The van der Waals surface area contributed by atoms with E-state index in [1.165, 1.54) is 12.1 Å². The van der Waals surface area contributed by atoms with Crippen molar-refractivity contribution in [2.45, 2.75) is 6.42 Å². The fourth-order valence-corrected chi connectivity index (χ4v) is 1.25. The molecule has 0 aromatic heterocycles. The zero-order chi connectivity index (χ0) is 12.7. The van der Waals surface area contributed by atoms with Crippen LogP contribution in [0.2, 0.25) is 5.02 Å². The van der Waals surface area contributed by atoms with E-state index in [0.29, 0.717) is 19.5 Å². The lowest BCUT2D eigenvalue weighted by molar-refractivity contribution is 0.0953. The average Bonchev–Trinajstić information content (AvgIpc) is 2.32. The molecule has 1 aromatic rings. The van der Waals surface area contributed by atoms with Gasteiger partial charge in [0.1, 0.15) is 5.82 Å².